The Balaban J connectivity index is 1.81. The van der Waals surface area contributed by atoms with Gasteiger partial charge >= 0.3 is 0 Å². The Kier molecular flexibility index (Phi) is 38.1. The standard InChI is InChI=1S/C54H103NO13/c1-3-5-7-9-11-13-15-17-19-21-23-25-27-29-31-33-35-37-43(58)42(55-46(59)38-36-34-32-30-28-26-24-22-20-18-16-14-12-10-8-6-4-2)41-65-53-51(64)49(62)52(45(40-57)67-53)68-54-50(63)48(61)47(60)44(39-56)66-54/h35,37,42-45,47-54,56-58,60-64H,3-34,36,38-41H2,1-2H3,(H,55,59)/b37-35+/t42-,43+,44+,45+,47-,48?,49?,50?,51?,52+,53+,54-/m0/s1. The van der Waals surface area contributed by atoms with Crippen molar-refractivity contribution >= 4 is 5.91 Å². The zero-order valence-corrected chi connectivity index (χ0v) is 42.9. The summed E-state index contributed by atoms with van der Waals surface area (Å²) in [7, 11) is 0. The molecule has 402 valence electrons. The maximum atomic E-state index is 13.2. The van der Waals surface area contributed by atoms with E-state index in [0.29, 0.717) is 6.42 Å². The molecule has 4 unspecified atom stereocenters. The summed E-state index contributed by atoms with van der Waals surface area (Å²) in [5.41, 5.74) is 0. The van der Waals surface area contributed by atoms with Gasteiger partial charge in [-0.05, 0) is 19.3 Å². The highest BCUT2D eigenvalue weighted by Crippen LogP contribution is 2.30. The molecule has 0 aromatic carbocycles. The molecule has 14 nitrogen and oxygen atoms in total. The van der Waals surface area contributed by atoms with Crippen LogP contribution in [0.25, 0.3) is 0 Å². The lowest BCUT2D eigenvalue weighted by atomic mass is 9.97. The zero-order valence-electron chi connectivity index (χ0n) is 42.9. The Morgan fingerprint density at radius 2 is 0.912 bits per heavy atom. The van der Waals surface area contributed by atoms with Gasteiger partial charge in [-0.15, -0.1) is 0 Å². The molecule has 2 heterocycles. The summed E-state index contributed by atoms with van der Waals surface area (Å²) in [6.45, 7) is 2.81. The van der Waals surface area contributed by atoms with Crippen LogP contribution in [0, 0.1) is 0 Å². The number of aliphatic hydroxyl groups is 8. The molecule has 0 saturated carbocycles. The number of aliphatic hydroxyl groups excluding tert-OH is 8. The summed E-state index contributed by atoms with van der Waals surface area (Å²) in [6, 6.07) is -0.908. The molecule has 2 rings (SSSR count). The first kappa shape index (κ1) is 62.8. The number of rotatable bonds is 44. The molecule has 0 aromatic rings. The van der Waals surface area contributed by atoms with E-state index in [2.05, 4.69) is 19.2 Å². The van der Waals surface area contributed by atoms with Gasteiger partial charge in [0.05, 0.1) is 32.0 Å². The van der Waals surface area contributed by atoms with E-state index in [1.165, 1.54) is 167 Å². The third kappa shape index (κ3) is 27.5. The molecule has 2 aliphatic rings. The van der Waals surface area contributed by atoms with E-state index >= 15 is 0 Å². The summed E-state index contributed by atoms with van der Waals surface area (Å²) in [6.07, 6.45) is 28.1. The summed E-state index contributed by atoms with van der Waals surface area (Å²) in [5.74, 6) is -0.235. The van der Waals surface area contributed by atoms with Crippen molar-refractivity contribution < 1.29 is 64.6 Å². The molecule has 9 N–H and O–H groups in total. The minimum Gasteiger partial charge on any atom is -0.394 e. The topological polar surface area (TPSA) is 228 Å². The number of amides is 1. The molecule has 0 aromatic heterocycles. The quantitative estimate of drug-likeness (QED) is 0.0207. The summed E-state index contributed by atoms with van der Waals surface area (Å²) >= 11 is 0. The van der Waals surface area contributed by atoms with Crippen LogP contribution in [0.3, 0.4) is 0 Å². The van der Waals surface area contributed by atoms with Crippen molar-refractivity contribution in [3.63, 3.8) is 0 Å². The Morgan fingerprint density at radius 3 is 1.35 bits per heavy atom. The van der Waals surface area contributed by atoms with Crippen LogP contribution in [0.15, 0.2) is 12.2 Å². The molecule has 0 bridgehead atoms. The summed E-state index contributed by atoms with van der Waals surface area (Å²) < 4.78 is 22.7. The molecule has 2 saturated heterocycles. The van der Waals surface area contributed by atoms with Crippen LogP contribution in [0.4, 0.5) is 0 Å². The highest BCUT2D eigenvalue weighted by molar-refractivity contribution is 5.76. The SMILES string of the molecule is CCCCCCCCCCCCCCCCC/C=C/[C@@H](O)[C@H](CO[C@@H]1O[C@H](CO)[C@@H](O[C@@H]2O[C@H](CO)[C@H](O)C(O)C2O)C(O)C1O)NC(=O)CCCCCCCCCCCCCCCCCCC. The van der Waals surface area contributed by atoms with E-state index in [1.807, 2.05) is 6.08 Å². The van der Waals surface area contributed by atoms with Gasteiger partial charge in [0.2, 0.25) is 5.91 Å². The zero-order chi connectivity index (χ0) is 49.6. The van der Waals surface area contributed by atoms with Crippen LogP contribution < -0.4 is 5.32 Å². The van der Waals surface area contributed by atoms with E-state index in [9.17, 15) is 45.6 Å². The molecule has 0 spiro atoms. The van der Waals surface area contributed by atoms with Crippen molar-refractivity contribution in [1.29, 1.82) is 0 Å². The number of carbonyl (C=O) groups excluding carboxylic acids is 1. The van der Waals surface area contributed by atoms with Gasteiger partial charge in [-0.3, -0.25) is 4.79 Å². The van der Waals surface area contributed by atoms with Crippen molar-refractivity contribution in [1.82, 2.24) is 5.32 Å². The fraction of sp³-hybridized carbons (Fsp3) is 0.944. The van der Waals surface area contributed by atoms with E-state index in [0.717, 1.165) is 38.5 Å². The fourth-order valence-electron chi connectivity index (χ4n) is 9.41. The van der Waals surface area contributed by atoms with Crippen molar-refractivity contribution in [2.45, 2.75) is 306 Å². The van der Waals surface area contributed by atoms with Crippen molar-refractivity contribution in [3.8, 4) is 0 Å². The first-order valence-corrected chi connectivity index (χ1v) is 27.9. The molecule has 1 amide bonds. The van der Waals surface area contributed by atoms with Gasteiger partial charge in [-0.2, -0.15) is 0 Å². The number of hydrogen-bond donors (Lipinski definition) is 9. The number of allylic oxidation sites excluding steroid dienone is 1. The monoisotopic (exact) mass is 974 g/mol. The van der Waals surface area contributed by atoms with Crippen LogP contribution in [0.1, 0.15) is 232 Å². The molecule has 68 heavy (non-hydrogen) atoms. The van der Waals surface area contributed by atoms with Crippen molar-refractivity contribution in [2.24, 2.45) is 0 Å². The van der Waals surface area contributed by atoms with E-state index < -0.39 is 86.8 Å². The van der Waals surface area contributed by atoms with Crippen molar-refractivity contribution in [2.75, 3.05) is 19.8 Å². The third-order valence-electron chi connectivity index (χ3n) is 14.0. The fourth-order valence-corrected chi connectivity index (χ4v) is 9.41. The minimum absolute atomic E-state index is 0.235. The maximum Gasteiger partial charge on any atom is 0.220 e. The second-order valence-electron chi connectivity index (χ2n) is 20.1. The molecule has 0 aliphatic carbocycles. The van der Waals surface area contributed by atoms with Crippen LogP contribution in [-0.4, -0.2) is 140 Å². The first-order chi connectivity index (χ1) is 33.1. The van der Waals surface area contributed by atoms with Gasteiger partial charge in [-0.25, -0.2) is 0 Å². The molecule has 12 atom stereocenters. The summed E-state index contributed by atoms with van der Waals surface area (Å²) in [4.78, 5) is 13.2. The Labute approximate surface area is 412 Å². The van der Waals surface area contributed by atoms with Crippen LogP contribution in [-0.2, 0) is 23.7 Å². The number of carbonyl (C=O) groups is 1. The van der Waals surface area contributed by atoms with Crippen LogP contribution in [0.2, 0.25) is 0 Å². The molecular weight excluding hydrogens is 871 g/mol. The molecule has 2 aliphatic heterocycles. The van der Waals surface area contributed by atoms with Gasteiger partial charge < -0.3 is 65.1 Å². The number of nitrogens with one attached hydrogen (secondary N) is 1. The Hall–Kier alpha value is -1.27. The molecule has 0 radical (unpaired) electrons. The highest BCUT2D eigenvalue weighted by Gasteiger charge is 2.51. The molecule has 14 heteroatoms. The Bertz CT molecular complexity index is 1200. The average Bonchev–Trinajstić information content (AvgIpc) is 3.34. The van der Waals surface area contributed by atoms with E-state index in [1.54, 1.807) is 6.08 Å². The van der Waals surface area contributed by atoms with E-state index in [4.69, 9.17) is 18.9 Å². The average molecular weight is 974 g/mol. The molecular formula is C54H103NO13. The second kappa shape index (κ2) is 41.2. The third-order valence-corrected chi connectivity index (χ3v) is 14.0. The minimum atomic E-state index is -1.78. The van der Waals surface area contributed by atoms with Gasteiger partial charge in [0.1, 0.15) is 48.8 Å². The Morgan fingerprint density at radius 1 is 0.515 bits per heavy atom. The predicted molar refractivity (Wildman–Crippen MR) is 268 cm³/mol. The summed E-state index contributed by atoms with van der Waals surface area (Å²) in [5, 5.41) is 86.9. The lowest BCUT2D eigenvalue weighted by Gasteiger charge is -2.46. The van der Waals surface area contributed by atoms with Crippen LogP contribution in [0.5, 0.6) is 0 Å². The van der Waals surface area contributed by atoms with Gasteiger partial charge in [0.25, 0.3) is 0 Å². The van der Waals surface area contributed by atoms with Gasteiger partial charge in [0, 0.05) is 6.42 Å². The van der Waals surface area contributed by atoms with Gasteiger partial charge in [0.15, 0.2) is 12.6 Å². The largest absolute Gasteiger partial charge is 0.394 e. The van der Waals surface area contributed by atoms with Crippen molar-refractivity contribution in [3.05, 3.63) is 12.2 Å². The second-order valence-corrected chi connectivity index (χ2v) is 20.1. The van der Waals surface area contributed by atoms with E-state index in [-0.39, 0.29) is 18.9 Å². The molecule has 2 fully saturated rings. The number of unbranched alkanes of at least 4 members (excludes halogenated alkanes) is 31. The smallest absolute Gasteiger partial charge is 0.220 e. The van der Waals surface area contributed by atoms with Crippen LogP contribution >= 0.6 is 0 Å². The lowest BCUT2D eigenvalue weighted by Crippen LogP contribution is -2.65. The lowest BCUT2D eigenvalue weighted by molar-refractivity contribution is -0.359. The number of hydrogen-bond acceptors (Lipinski definition) is 13. The first-order valence-electron chi connectivity index (χ1n) is 27.9. The highest BCUT2D eigenvalue weighted by atomic mass is 16.7. The maximum absolute atomic E-state index is 13.2. The predicted octanol–water partition coefficient (Wildman–Crippen LogP) is 8.33. The van der Waals surface area contributed by atoms with Gasteiger partial charge in [-0.1, -0.05) is 219 Å². The normalized spacial score (nSPS) is 26.4. The number of ether oxygens (including phenoxy) is 4.